The number of aromatic amines is 1. The van der Waals surface area contributed by atoms with Gasteiger partial charge in [0.2, 0.25) is 11.8 Å². The second-order valence-corrected chi connectivity index (χ2v) is 8.17. The SMILES string of the molecule is CC(C)(C)OC(=O)NC(CCC(N)=O)C(=O)NC(Cc1c[nH]c2ccccc12)C(=O)O. The van der Waals surface area contributed by atoms with Crippen molar-refractivity contribution >= 4 is 34.8 Å². The van der Waals surface area contributed by atoms with Crippen LogP contribution < -0.4 is 16.4 Å². The second-order valence-electron chi connectivity index (χ2n) is 8.17. The summed E-state index contributed by atoms with van der Waals surface area (Å²) < 4.78 is 5.14. The molecule has 10 heteroatoms. The molecule has 2 atom stereocenters. The molecule has 168 valence electrons. The third-order valence-electron chi connectivity index (χ3n) is 4.40. The number of rotatable bonds is 9. The Kier molecular flexibility index (Phi) is 7.62. The van der Waals surface area contributed by atoms with Gasteiger partial charge in [-0.05, 0) is 38.8 Å². The summed E-state index contributed by atoms with van der Waals surface area (Å²) in [6.45, 7) is 4.98. The Bertz CT molecular complexity index is 962. The van der Waals surface area contributed by atoms with E-state index in [1.54, 1.807) is 27.0 Å². The minimum atomic E-state index is -1.25. The highest BCUT2D eigenvalue weighted by Crippen LogP contribution is 2.19. The number of amides is 3. The van der Waals surface area contributed by atoms with Gasteiger partial charge in [-0.25, -0.2) is 9.59 Å². The summed E-state index contributed by atoms with van der Waals surface area (Å²) >= 11 is 0. The average molecular weight is 432 g/mol. The Morgan fingerprint density at radius 3 is 2.42 bits per heavy atom. The number of carboxylic acid groups (broad SMARTS) is 1. The molecule has 2 unspecified atom stereocenters. The van der Waals surface area contributed by atoms with Gasteiger partial charge in [0.1, 0.15) is 17.7 Å². The Morgan fingerprint density at radius 2 is 1.81 bits per heavy atom. The van der Waals surface area contributed by atoms with E-state index in [9.17, 15) is 24.3 Å². The summed E-state index contributed by atoms with van der Waals surface area (Å²) in [7, 11) is 0. The molecule has 0 aliphatic carbocycles. The van der Waals surface area contributed by atoms with Crippen molar-refractivity contribution in [2.75, 3.05) is 0 Å². The fourth-order valence-corrected chi connectivity index (χ4v) is 3.00. The lowest BCUT2D eigenvalue weighted by Gasteiger charge is -2.24. The summed E-state index contributed by atoms with van der Waals surface area (Å²) in [6.07, 6.45) is 0.588. The molecule has 2 rings (SSSR count). The molecule has 0 saturated heterocycles. The lowest BCUT2D eigenvalue weighted by molar-refractivity contribution is -0.142. The number of hydrogen-bond donors (Lipinski definition) is 5. The summed E-state index contributed by atoms with van der Waals surface area (Å²) in [6, 6.07) is 4.96. The highest BCUT2D eigenvalue weighted by Gasteiger charge is 2.29. The van der Waals surface area contributed by atoms with Crippen molar-refractivity contribution in [1.29, 1.82) is 0 Å². The normalized spacial score (nSPS) is 13.3. The zero-order valence-corrected chi connectivity index (χ0v) is 17.7. The van der Waals surface area contributed by atoms with Crippen molar-refractivity contribution in [3.05, 3.63) is 36.0 Å². The van der Waals surface area contributed by atoms with Crippen LogP contribution in [-0.2, 0) is 25.5 Å². The highest BCUT2D eigenvalue weighted by molar-refractivity contribution is 5.90. The van der Waals surface area contributed by atoms with E-state index in [4.69, 9.17) is 10.5 Å². The molecular formula is C21H28N4O6. The average Bonchev–Trinajstić information content (AvgIpc) is 3.05. The number of para-hydroxylation sites is 1. The van der Waals surface area contributed by atoms with Gasteiger partial charge in [0.05, 0.1) is 0 Å². The lowest BCUT2D eigenvalue weighted by Crippen LogP contribution is -2.53. The number of benzene rings is 1. The van der Waals surface area contributed by atoms with E-state index in [1.807, 2.05) is 24.3 Å². The molecule has 0 saturated carbocycles. The Hall–Kier alpha value is -3.56. The van der Waals surface area contributed by atoms with E-state index in [-0.39, 0.29) is 19.3 Å². The van der Waals surface area contributed by atoms with Gasteiger partial charge in [0.25, 0.3) is 0 Å². The molecule has 2 aromatic rings. The Labute approximate surface area is 179 Å². The number of nitrogens with two attached hydrogens (primary N) is 1. The zero-order valence-electron chi connectivity index (χ0n) is 17.7. The lowest BCUT2D eigenvalue weighted by atomic mass is 10.0. The predicted molar refractivity (Wildman–Crippen MR) is 113 cm³/mol. The van der Waals surface area contributed by atoms with Crippen LogP contribution in [0.2, 0.25) is 0 Å². The molecule has 0 aliphatic rings. The van der Waals surface area contributed by atoms with Crippen LogP contribution >= 0.6 is 0 Å². The van der Waals surface area contributed by atoms with E-state index < -0.39 is 41.6 Å². The standard InChI is InChI=1S/C21H28N4O6/c1-21(2,3)31-20(30)25-15(8-9-17(22)26)18(27)24-16(19(28)29)10-12-11-23-14-7-5-4-6-13(12)14/h4-7,11,15-16,23H,8-10H2,1-3H3,(H2,22,26)(H,24,27)(H,25,30)(H,28,29). The number of nitrogens with one attached hydrogen (secondary N) is 3. The van der Waals surface area contributed by atoms with Crippen molar-refractivity contribution < 1.29 is 29.0 Å². The van der Waals surface area contributed by atoms with Gasteiger partial charge in [-0.3, -0.25) is 9.59 Å². The number of carboxylic acids is 1. The van der Waals surface area contributed by atoms with Crippen LogP contribution in [0.25, 0.3) is 10.9 Å². The van der Waals surface area contributed by atoms with Crippen LogP contribution in [0.4, 0.5) is 4.79 Å². The van der Waals surface area contributed by atoms with Crippen molar-refractivity contribution in [3.63, 3.8) is 0 Å². The molecule has 6 N–H and O–H groups in total. The molecular weight excluding hydrogens is 404 g/mol. The first-order valence-corrected chi connectivity index (χ1v) is 9.82. The van der Waals surface area contributed by atoms with Crippen molar-refractivity contribution in [1.82, 2.24) is 15.6 Å². The Morgan fingerprint density at radius 1 is 1.13 bits per heavy atom. The van der Waals surface area contributed by atoms with Crippen molar-refractivity contribution in [2.24, 2.45) is 5.73 Å². The number of alkyl carbamates (subject to hydrolysis) is 1. The third kappa shape index (κ3) is 7.32. The molecule has 0 radical (unpaired) electrons. The maximum absolute atomic E-state index is 12.8. The van der Waals surface area contributed by atoms with E-state index >= 15 is 0 Å². The number of aromatic nitrogens is 1. The van der Waals surface area contributed by atoms with Gasteiger partial charge in [-0.2, -0.15) is 0 Å². The number of primary amides is 1. The van der Waals surface area contributed by atoms with Crippen molar-refractivity contribution in [3.8, 4) is 0 Å². The molecule has 0 bridgehead atoms. The fraction of sp³-hybridized carbons (Fsp3) is 0.429. The monoisotopic (exact) mass is 432 g/mol. The largest absolute Gasteiger partial charge is 0.480 e. The first-order chi connectivity index (χ1) is 14.5. The first-order valence-electron chi connectivity index (χ1n) is 9.82. The molecule has 0 aliphatic heterocycles. The summed E-state index contributed by atoms with van der Waals surface area (Å²) in [4.78, 5) is 50.8. The predicted octanol–water partition coefficient (Wildman–Crippen LogP) is 1.44. The fourth-order valence-electron chi connectivity index (χ4n) is 3.00. The number of carbonyl (C=O) groups is 4. The number of carbonyl (C=O) groups excluding carboxylic acids is 3. The number of ether oxygens (including phenoxy) is 1. The first kappa shape index (κ1) is 23.7. The number of aliphatic carboxylic acids is 1. The number of fused-ring (bicyclic) bond motifs is 1. The summed E-state index contributed by atoms with van der Waals surface area (Å²) in [5.41, 5.74) is 5.92. The molecule has 1 aromatic carbocycles. The number of H-pyrrole nitrogens is 1. The van der Waals surface area contributed by atoms with Crippen LogP contribution in [0.5, 0.6) is 0 Å². The molecule has 1 aromatic heterocycles. The highest BCUT2D eigenvalue weighted by atomic mass is 16.6. The molecule has 1 heterocycles. The van der Waals surface area contributed by atoms with Gasteiger partial charge in [0, 0.05) is 29.9 Å². The third-order valence-corrected chi connectivity index (χ3v) is 4.40. The van der Waals surface area contributed by atoms with E-state index in [1.165, 1.54) is 0 Å². The van der Waals surface area contributed by atoms with Crippen LogP contribution in [0.1, 0.15) is 39.2 Å². The van der Waals surface area contributed by atoms with Crippen LogP contribution in [0, 0.1) is 0 Å². The summed E-state index contributed by atoms with van der Waals surface area (Å²) in [5.74, 6) is -2.64. The molecule has 0 spiro atoms. The van der Waals surface area contributed by atoms with E-state index in [0.29, 0.717) is 0 Å². The van der Waals surface area contributed by atoms with Crippen LogP contribution in [-0.4, -0.2) is 51.7 Å². The van der Waals surface area contributed by atoms with E-state index in [2.05, 4.69) is 15.6 Å². The minimum absolute atomic E-state index is 0.0278. The van der Waals surface area contributed by atoms with E-state index in [0.717, 1.165) is 16.5 Å². The Balaban J connectivity index is 2.13. The van der Waals surface area contributed by atoms with Gasteiger partial charge >= 0.3 is 12.1 Å². The molecule has 3 amide bonds. The summed E-state index contributed by atoms with van der Waals surface area (Å²) in [5, 5.41) is 15.3. The van der Waals surface area contributed by atoms with Gasteiger partial charge in [-0.1, -0.05) is 18.2 Å². The zero-order chi connectivity index (χ0) is 23.2. The van der Waals surface area contributed by atoms with Crippen LogP contribution in [0.15, 0.2) is 30.5 Å². The second kappa shape index (κ2) is 9.96. The molecule has 0 fully saturated rings. The maximum Gasteiger partial charge on any atom is 0.408 e. The quantitative estimate of drug-likeness (QED) is 0.402. The molecule has 10 nitrogen and oxygen atoms in total. The topological polar surface area (TPSA) is 164 Å². The van der Waals surface area contributed by atoms with Gasteiger partial charge < -0.3 is 31.2 Å². The number of hydrogen-bond acceptors (Lipinski definition) is 5. The smallest absolute Gasteiger partial charge is 0.408 e. The molecule has 31 heavy (non-hydrogen) atoms. The van der Waals surface area contributed by atoms with Crippen molar-refractivity contribution in [2.45, 2.75) is 57.7 Å². The van der Waals surface area contributed by atoms with Gasteiger partial charge in [0.15, 0.2) is 0 Å². The van der Waals surface area contributed by atoms with Crippen LogP contribution in [0.3, 0.4) is 0 Å². The minimum Gasteiger partial charge on any atom is -0.480 e. The maximum atomic E-state index is 12.8. The van der Waals surface area contributed by atoms with Gasteiger partial charge in [-0.15, -0.1) is 0 Å².